The smallest absolute Gasteiger partial charge is 0.348 e. The first kappa shape index (κ1) is 11.2. The summed E-state index contributed by atoms with van der Waals surface area (Å²) in [5.74, 6) is -1.04. The van der Waals surface area contributed by atoms with Crippen LogP contribution in [0.25, 0.3) is 0 Å². The molecule has 0 saturated heterocycles. The van der Waals surface area contributed by atoms with Gasteiger partial charge in [0.2, 0.25) is 6.10 Å². The van der Waals surface area contributed by atoms with Crippen LogP contribution in [0.3, 0.4) is 0 Å². The number of oxime groups is 1. The highest BCUT2D eigenvalue weighted by Gasteiger charge is 2.29. The van der Waals surface area contributed by atoms with Crippen molar-refractivity contribution in [1.29, 1.82) is 0 Å². The van der Waals surface area contributed by atoms with Gasteiger partial charge in [-0.3, -0.25) is 0 Å². The highest BCUT2D eigenvalue weighted by atomic mass is 35.5. The number of carbonyl (C=O) groups is 1. The first-order valence-electron chi connectivity index (χ1n) is 4.49. The van der Waals surface area contributed by atoms with Gasteiger partial charge >= 0.3 is 5.97 Å². The van der Waals surface area contributed by atoms with Crippen LogP contribution in [0.2, 0.25) is 10.0 Å². The van der Waals surface area contributed by atoms with Crippen molar-refractivity contribution < 1.29 is 14.7 Å². The molecule has 16 heavy (non-hydrogen) atoms. The largest absolute Gasteiger partial charge is 0.478 e. The Morgan fingerprint density at radius 3 is 2.88 bits per heavy atom. The first-order chi connectivity index (χ1) is 7.59. The molecule has 4 nitrogen and oxygen atoms in total. The highest BCUT2D eigenvalue weighted by molar-refractivity contribution is 6.44. The van der Waals surface area contributed by atoms with E-state index in [2.05, 4.69) is 5.16 Å². The van der Waals surface area contributed by atoms with Crippen molar-refractivity contribution in [3.05, 3.63) is 33.8 Å². The molecule has 2 rings (SSSR count). The molecular formula is C10H7Cl2NO3. The minimum absolute atomic E-state index is 0.190. The second-order valence-corrected chi connectivity index (χ2v) is 4.06. The summed E-state index contributed by atoms with van der Waals surface area (Å²) < 4.78 is 0. The molecule has 0 bridgehead atoms. The van der Waals surface area contributed by atoms with E-state index in [4.69, 9.17) is 33.1 Å². The van der Waals surface area contributed by atoms with E-state index in [1.165, 1.54) is 0 Å². The van der Waals surface area contributed by atoms with E-state index in [0.29, 0.717) is 21.3 Å². The molecule has 84 valence electrons. The second-order valence-electron chi connectivity index (χ2n) is 3.28. The molecule has 1 aliphatic heterocycles. The Morgan fingerprint density at radius 1 is 1.50 bits per heavy atom. The summed E-state index contributed by atoms with van der Waals surface area (Å²) in [5.41, 5.74) is 1.11. The van der Waals surface area contributed by atoms with Crippen LogP contribution in [0, 0.1) is 0 Å². The van der Waals surface area contributed by atoms with E-state index in [1.54, 1.807) is 18.2 Å². The molecule has 1 atom stereocenters. The van der Waals surface area contributed by atoms with Crippen LogP contribution in [0.1, 0.15) is 12.0 Å². The number of carboxylic acid groups (broad SMARTS) is 1. The summed E-state index contributed by atoms with van der Waals surface area (Å²) in [6.07, 6.45) is -0.750. The molecule has 1 aromatic carbocycles. The quantitative estimate of drug-likeness (QED) is 0.888. The van der Waals surface area contributed by atoms with Crippen LogP contribution in [0.15, 0.2) is 23.4 Å². The lowest BCUT2D eigenvalue weighted by Gasteiger charge is -2.03. The normalized spacial score (nSPS) is 19.1. The molecule has 1 unspecified atom stereocenters. The minimum Gasteiger partial charge on any atom is -0.478 e. The third kappa shape index (κ3) is 1.99. The van der Waals surface area contributed by atoms with E-state index < -0.39 is 12.1 Å². The van der Waals surface area contributed by atoms with Crippen molar-refractivity contribution in [1.82, 2.24) is 0 Å². The number of rotatable bonds is 2. The summed E-state index contributed by atoms with van der Waals surface area (Å²) in [5, 5.41) is 13.2. The average molecular weight is 260 g/mol. The Hall–Kier alpha value is -1.26. The molecule has 1 aromatic rings. The third-order valence-electron chi connectivity index (χ3n) is 2.21. The van der Waals surface area contributed by atoms with Gasteiger partial charge in [-0.1, -0.05) is 40.5 Å². The van der Waals surface area contributed by atoms with Gasteiger partial charge in [0.1, 0.15) is 0 Å². The predicted octanol–water partition coefficient (Wildman–Crippen LogP) is 2.57. The maximum Gasteiger partial charge on any atom is 0.348 e. The second kappa shape index (κ2) is 4.31. The van der Waals surface area contributed by atoms with Gasteiger partial charge in [0.15, 0.2) is 0 Å². The fourth-order valence-corrected chi connectivity index (χ4v) is 1.81. The zero-order valence-corrected chi connectivity index (χ0v) is 9.50. The maximum absolute atomic E-state index is 10.7. The number of halogens is 2. The molecule has 6 heteroatoms. The fraction of sp³-hybridized carbons (Fsp3) is 0.200. The zero-order valence-electron chi connectivity index (χ0n) is 7.98. The van der Waals surface area contributed by atoms with Gasteiger partial charge in [-0.25, -0.2) is 4.79 Å². The monoisotopic (exact) mass is 259 g/mol. The lowest BCUT2D eigenvalue weighted by Crippen LogP contribution is -2.19. The lowest BCUT2D eigenvalue weighted by atomic mass is 10.1. The van der Waals surface area contributed by atoms with Crippen molar-refractivity contribution in [3.8, 4) is 0 Å². The number of nitrogens with zero attached hydrogens (tertiary/aromatic N) is 1. The van der Waals surface area contributed by atoms with Gasteiger partial charge in [0.05, 0.1) is 15.8 Å². The first-order valence-corrected chi connectivity index (χ1v) is 5.25. The van der Waals surface area contributed by atoms with Gasteiger partial charge in [-0.15, -0.1) is 0 Å². The Labute approximate surface area is 101 Å². The SMILES string of the molecule is O=C(O)C1CC(c2cccc(Cl)c2Cl)=NO1. The molecule has 0 amide bonds. The Bertz CT molecular complexity index is 473. The van der Waals surface area contributed by atoms with Crippen molar-refractivity contribution in [2.24, 2.45) is 5.16 Å². The van der Waals surface area contributed by atoms with E-state index >= 15 is 0 Å². The predicted molar refractivity (Wildman–Crippen MR) is 60.1 cm³/mol. The maximum atomic E-state index is 10.7. The molecule has 1 heterocycles. The summed E-state index contributed by atoms with van der Waals surface area (Å²) in [6.45, 7) is 0. The van der Waals surface area contributed by atoms with Crippen molar-refractivity contribution in [3.63, 3.8) is 0 Å². The van der Waals surface area contributed by atoms with Crippen molar-refractivity contribution >= 4 is 34.9 Å². The minimum atomic E-state index is -1.04. The zero-order chi connectivity index (χ0) is 11.7. The number of carboxylic acids is 1. The van der Waals surface area contributed by atoms with Crippen LogP contribution >= 0.6 is 23.2 Å². The Balaban J connectivity index is 2.27. The van der Waals surface area contributed by atoms with Gasteiger partial charge in [-0.2, -0.15) is 0 Å². The van der Waals surface area contributed by atoms with Gasteiger partial charge in [0.25, 0.3) is 0 Å². The molecule has 0 aliphatic carbocycles. The standard InChI is InChI=1S/C10H7Cl2NO3/c11-6-3-1-2-5(9(6)12)7-4-8(10(14)15)16-13-7/h1-3,8H,4H2,(H,14,15). The number of benzene rings is 1. The molecule has 0 saturated carbocycles. The average Bonchev–Trinajstić information content (AvgIpc) is 2.71. The van der Waals surface area contributed by atoms with Crippen LogP contribution in [0.5, 0.6) is 0 Å². The van der Waals surface area contributed by atoms with E-state index in [0.717, 1.165) is 0 Å². The summed E-state index contributed by atoms with van der Waals surface area (Å²) >= 11 is 11.8. The molecule has 0 spiro atoms. The fourth-order valence-electron chi connectivity index (χ4n) is 1.40. The number of aliphatic carboxylic acids is 1. The molecule has 0 radical (unpaired) electrons. The van der Waals surface area contributed by atoms with Crippen LogP contribution in [-0.2, 0) is 9.63 Å². The van der Waals surface area contributed by atoms with Gasteiger partial charge in [-0.05, 0) is 6.07 Å². The number of hydrogen-bond acceptors (Lipinski definition) is 3. The molecule has 0 fully saturated rings. The van der Waals surface area contributed by atoms with E-state index in [-0.39, 0.29) is 6.42 Å². The molecule has 1 N–H and O–H groups in total. The van der Waals surface area contributed by atoms with Crippen molar-refractivity contribution in [2.45, 2.75) is 12.5 Å². The topological polar surface area (TPSA) is 58.9 Å². The third-order valence-corrected chi connectivity index (χ3v) is 3.03. The Kier molecular flexibility index (Phi) is 3.03. The summed E-state index contributed by atoms with van der Waals surface area (Å²) in [4.78, 5) is 15.4. The van der Waals surface area contributed by atoms with E-state index in [1.807, 2.05) is 0 Å². The van der Waals surface area contributed by atoms with E-state index in [9.17, 15) is 4.79 Å². The molecular weight excluding hydrogens is 253 g/mol. The number of hydrogen-bond donors (Lipinski definition) is 1. The summed E-state index contributed by atoms with van der Waals surface area (Å²) in [7, 11) is 0. The van der Waals surface area contributed by atoms with Crippen LogP contribution in [0.4, 0.5) is 0 Å². The molecule has 1 aliphatic rings. The van der Waals surface area contributed by atoms with Crippen molar-refractivity contribution in [2.75, 3.05) is 0 Å². The Morgan fingerprint density at radius 2 is 2.25 bits per heavy atom. The van der Waals surface area contributed by atoms with Crippen LogP contribution in [-0.4, -0.2) is 22.9 Å². The van der Waals surface area contributed by atoms with Gasteiger partial charge < -0.3 is 9.94 Å². The summed E-state index contributed by atoms with van der Waals surface area (Å²) in [6, 6.07) is 5.10. The van der Waals surface area contributed by atoms with Crippen LogP contribution < -0.4 is 0 Å². The highest BCUT2D eigenvalue weighted by Crippen LogP contribution is 2.29. The lowest BCUT2D eigenvalue weighted by molar-refractivity contribution is -0.148. The van der Waals surface area contributed by atoms with Gasteiger partial charge in [0, 0.05) is 12.0 Å². The molecule has 0 aromatic heterocycles.